The molecule has 1 aromatic rings. The molecule has 3 N–H and O–H groups in total. The van der Waals surface area contributed by atoms with E-state index in [1.54, 1.807) is 6.92 Å². The first kappa shape index (κ1) is 14.9. The summed E-state index contributed by atoms with van der Waals surface area (Å²) in [6, 6.07) is 9.45. The van der Waals surface area contributed by atoms with Gasteiger partial charge in [-0.15, -0.1) is 0 Å². The van der Waals surface area contributed by atoms with Crippen molar-refractivity contribution in [3.8, 4) is 0 Å². The van der Waals surface area contributed by atoms with Crippen molar-refractivity contribution in [2.45, 2.75) is 44.8 Å². The van der Waals surface area contributed by atoms with Gasteiger partial charge in [0.05, 0.1) is 6.54 Å². The number of amides is 2. The van der Waals surface area contributed by atoms with Gasteiger partial charge in [-0.3, -0.25) is 0 Å². The van der Waals surface area contributed by atoms with Crippen LogP contribution in [0.3, 0.4) is 0 Å². The molecule has 0 unspecified atom stereocenters. The van der Waals surface area contributed by atoms with Crippen LogP contribution in [0.2, 0.25) is 0 Å². The van der Waals surface area contributed by atoms with E-state index in [-0.39, 0.29) is 18.6 Å². The lowest BCUT2D eigenvalue weighted by atomic mass is 9.96. The molecule has 2 rings (SSSR count). The van der Waals surface area contributed by atoms with E-state index in [9.17, 15) is 9.90 Å². The SMILES string of the molecule is C[C@@H]1CCC[C@H]1NC(=O)NC[C@](C)(O)c1ccccc1. The number of urea groups is 1. The molecule has 1 aromatic carbocycles. The summed E-state index contributed by atoms with van der Waals surface area (Å²) >= 11 is 0. The Bertz CT molecular complexity index is 445. The zero-order chi connectivity index (χ0) is 14.6. The van der Waals surface area contributed by atoms with E-state index < -0.39 is 5.60 Å². The Labute approximate surface area is 120 Å². The first-order chi connectivity index (χ1) is 9.49. The van der Waals surface area contributed by atoms with Crippen LogP contribution in [-0.4, -0.2) is 23.7 Å². The van der Waals surface area contributed by atoms with Gasteiger partial charge in [-0.05, 0) is 31.2 Å². The topological polar surface area (TPSA) is 61.4 Å². The maximum absolute atomic E-state index is 11.9. The third-order valence-corrected chi connectivity index (χ3v) is 4.17. The number of benzene rings is 1. The Hall–Kier alpha value is -1.55. The Morgan fingerprint density at radius 1 is 1.35 bits per heavy atom. The van der Waals surface area contributed by atoms with E-state index in [1.165, 1.54) is 12.8 Å². The van der Waals surface area contributed by atoms with Crippen molar-refractivity contribution in [3.05, 3.63) is 35.9 Å². The van der Waals surface area contributed by atoms with Crippen molar-refractivity contribution in [3.63, 3.8) is 0 Å². The van der Waals surface area contributed by atoms with Crippen molar-refractivity contribution in [1.29, 1.82) is 0 Å². The Morgan fingerprint density at radius 2 is 2.05 bits per heavy atom. The van der Waals surface area contributed by atoms with Crippen LogP contribution >= 0.6 is 0 Å². The Kier molecular flexibility index (Phi) is 4.65. The van der Waals surface area contributed by atoms with Crippen LogP contribution in [0.15, 0.2) is 30.3 Å². The molecule has 0 bridgehead atoms. The maximum atomic E-state index is 11.9. The lowest BCUT2D eigenvalue weighted by Gasteiger charge is -2.25. The minimum Gasteiger partial charge on any atom is -0.384 e. The fraction of sp³-hybridized carbons (Fsp3) is 0.562. The predicted octanol–water partition coefficient (Wildman–Crippen LogP) is 2.38. The van der Waals surface area contributed by atoms with Crippen LogP contribution in [0.4, 0.5) is 4.79 Å². The minimum atomic E-state index is -1.06. The van der Waals surface area contributed by atoms with Gasteiger partial charge in [0, 0.05) is 6.04 Å². The number of hydrogen-bond donors (Lipinski definition) is 3. The van der Waals surface area contributed by atoms with Gasteiger partial charge in [0.25, 0.3) is 0 Å². The largest absolute Gasteiger partial charge is 0.384 e. The lowest BCUT2D eigenvalue weighted by molar-refractivity contribution is 0.0592. The van der Waals surface area contributed by atoms with Gasteiger partial charge < -0.3 is 15.7 Å². The van der Waals surface area contributed by atoms with E-state index in [1.807, 2.05) is 30.3 Å². The second kappa shape index (κ2) is 6.27. The van der Waals surface area contributed by atoms with Gasteiger partial charge in [0.15, 0.2) is 0 Å². The number of nitrogens with one attached hydrogen (secondary N) is 2. The molecule has 3 atom stereocenters. The molecule has 20 heavy (non-hydrogen) atoms. The van der Waals surface area contributed by atoms with E-state index in [2.05, 4.69) is 17.6 Å². The van der Waals surface area contributed by atoms with Gasteiger partial charge in [0.2, 0.25) is 0 Å². The highest BCUT2D eigenvalue weighted by atomic mass is 16.3. The fourth-order valence-electron chi connectivity index (χ4n) is 2.73. The fourth-order valence-corrected chi connectivity index (χ4v) is 2.73. The molecule has 0 heterocycles. The smallest absolute Gasteiger partial charge is 0.315 e. The van der Waals surface area contributed by atoms with Crippen molar-refractivity contribution in [2.75, 3.05) is 6.54 Å². The molecular weight excluding hydrogens is 252 g/mol. The monoisotopic (exact) mass is 276 g/mol. The second-order valence-electron chi connectivity index (χ2n) is 5.98. The molecule has 0 saturated heterocycles. The summed E-state index contributed by atoms with van der Waals surface area (Å²) in [5.74, 6) is 0.537. The second-order valence-corrected chi connectivity index (χ2v) is 5.98. The van der Waals surface area contributed by atoms with Crippen LogP contribution in [-0.2, 0) is 5.60 Å². The molecule has 0 aliphatic heterocycles. The summed E-state index contributed by atoms with van der Waals surface area (Å²) in [5, 5.41) is 16.2. The maximum Gasteiger partial charge on any atom is 0.315 e. The van der Waals surface area contributed by atoms with Crippen LogP contribution in [0, 0.1) is 5.92 Å². The van der Waals surface area contributed by atoms with Crippen LogP contribution in [0.25, 0.3) is 0 Å². The number of aliphatic hydroxyl groups is 1. The van der Waals surface area contributed by atoms with Gasteiger partial charge >= 0.3 is 6.03 Å². The van der Waals surface area contributed by atoms with Crippen LogP contribution in [0.5, 0.6) is 0 Å². The van der Waals surface area contributed by atoms with Gasteiger partial charge in [-0.25, -0.2) is 4.79 Å². The first-order valence-corrected chi connectivity index (χ1v) is 7.31. The molecule has 0 aromatic heterocycles. The summed E-state index contributed by atoms with van der Waals surface area (Å²) in [4.78, 5) is 11.9. The molecule has 2 amide bonds. The molecule has 1 aliphatic carbocycles. The van der Waals surface area contributed by atoms with Gasteiger partial charge in [-0.2, -0.15) is 0 Å². The van der Waals surface area contributed by atoms with E-state index >= 15 is 0 Å². The van der Waals surface area contributed by atoms with Crippen molar-refractivity contribution in [1.82, 2.24) is 10.6 Å². The van der Waals surface area contributed by atoms with Crippen molar-refractivity contribution >= 4 is 6.03 Å². The number of hydrogen-bond acceptors (Lipinski definition) is 2. The zero-order valence-electron chi connectivity index (χ0n) is 12.2. The van der Waals surface area contributed by atoms with Crippen molar-refractivity contribution < 1.29 is 9.90 Å². The van der Waals surface area contributed by atoms with Gasteiger partial charge in [0.1, 0.15) is 5.60 Å². The number of carbonyl (C=O) groups excluding carboxylic acids is 1. The molecule has 1 fully saturated rings. The molecule has 110 valence electrons. The Balaban J connectivity index is 1.83. The summed E-state index contributed by atoms with van der Waals surface area (Å²) in [5.41, 5.74) is -0.255. The highest BCUT2D eigenvalue weighted by Crippen LogP contribution is 2.24. The van der Waals surface area contributed by atoms with Gasteiger partial charge in [-0.1, -0.05) is 43.7 Å². The summed E-state index contributed by atoms with van der Waals surface area (Å²) in [6.45, 7) is 4.07. The highest BCUT2D eigenvalue weighted by Gasteiger charge is 2.27. The molecule has 1 saturated carbocycles. The molecule has 1 aliphatic rings. The highest BCUT2D eigenvalue weighted by molar-refractivity contribution is 5.74. The first-order valence-electron chi connectivity index (χ1n) is 7.31. The van der Waals surface area contributed by atoms with E-state index in [4.69, 9.17) is 0 Å². The molecular formula is C16H24N2O2. The summed E-state index contributed by atoms with van der Waals surface area (Å²) < 4.78 is 0. The predicted molar refractivity (Wildman–Crippen MR) is 79.4 cm³/mol. The summed E-state index contributed by atoms with van der Waals surface area (Å²) in [7, 11) is 0. The molecule has 4 heteroatoms. The van der Waals surface area contributed by atoms with Crippen LogP contribution in [0.1, 0.15) is 38.7 Å². The summed E-state index contributed by atoms with van der Waals surface area (Å²) in [6.07, 6.45) is 3.39. The molecule has 0 radical (unpaired) electrons. The normalized spacial score (nSPS) is 24.9. The minimum absolute atomic E-state index is 0.194. The van der Waals surface area contributed by atoms with Crippen molar-refractivity contribution in [2.24, 2.45) is 5.92 Å². The molecule has 0 spiro atoms. The van der Waals surface area contributed by atoms with E-state index in [0.29, 0.717) is 5.92 Å². The Morgan fingerprint density at radius 3 is 2.65 bits per heavy atom. The number of rotatable bonds is 4. The standard InChI is InChI=1S/C16H24N2O2/c1-12-7-6-10-14(12)18-15(19)17-11-16(2,20)13-8-4-3-5-9-13/h3-5,8-9,12,14,20H,6-7,10-11H2,1-2H3,(H2,17,18,19)/t12-,14-,16+/m1/s1. The lowest BCUT2D eigenvalue weighted by Crippen LogP contribution is -2.47. The van der Waals surface area contributed by atoms with Crippen LogP contribution < -0.4 is 10.6 Å². The number of carbonyl (C=O) groups is 1. The third-order valence-electron chi connectivity index (χ3n) is 4.17. The molecule has 4 nitrogen and oxygen atoms in total. The zero-order valence-corrected chi connectivity index (χ0v) is 12.2. The average Bonchev–Trinajstić information content (AvgIpc) is 2.83. The quantitative estimate of drug-likeness (QED) is 0.790. The average molecular weight is 276 g/mol. The third kappa shape index (κ3) is 3.73. The van der Waals surface area contributed by atoms with E-state index in [0.717, 1.165) is 12.0 Å².